The van der Waals surface area contributed by atoms with E-state index in [1.165, 1.54) is 41.8 Å². The van der Waals surface area contributed by atoms with E-state index in [0.29, 0.717) is 24.1 Å². The van der Waals surface area contributed by atoms with Crippen LogP contribution < -0.4 is 10.2 Å². The highest BCUT2D eigenvalue weighted by molar-refractivity contribution is 8.21. The number of fused-ring (bicyclic) bond motifs is 1. The summed E-state index contributed by atoms with van der Waals surface area (Å²) in [5.41, 5.74) is 4.15. The van der Waals surface area contributed by atoms with Crippen molar-refractivity contribution in [1.82, 2.24) is 0 Å². The molecule has 18 heteroatoms. The third-order valence-electron chi connectivity index (χ3n) is 10.1. The molecule has 2 heterocycles. The van der Waals surface area contributed by atoms with Gasteiger partial charge in [-0.2, -0.15) is 0 Å². The maximum atomic E-state index is 12.4. The third-order valence-corrected chi connectivity index (χ3v) is 13.8. The zero-order chi connectivity index (χ0) is 51.1. The first-order chi connectivity index (χ1) is 31.8. The lowest BCUT2D eigenvalue weighted by molar-refractivity contribution is -0.137. The van der Waals surface area contributed by atoms with Crippen LogP contribution in [0.25, 0.3) is 0 Å². The average molecular weight is 992 g/mol. The summed E-state index contributed by atoms with van der Waals surface area (Å²) in [4.78, 5) is 91.5. The topological polar surface area (TPSA) is 253 Å². The monoisotopic (exact) mass is 990 g/mol. The van der Waals surface area contributed by atoms with E-state index in [9.17, 15) is 53.7 Å². The Morgan fingerprint density at radius 3 is 1.71 bits per heavy atom. The molecule has 6 N–H and O–H groups in total. The number of thioether (sulfide) groups is 2. The number of imide groups is 1. The first-order valence-corrected chi connectivity index (χ1v) is 23.6. The normalized spacial score (nSPS) is 13.5. The van der Waals surface area contributed by atoms with E-state index >= 15 is 0 Å². The third kappa shape index (κ3) is 16.4. The lowest BCUT2D eigenvalue weighted by atomic mass is 9.82. The number of rotatable bonds is 13. The van der Waals surface area contributed by atoms with Crippen molar-refractivity contribution in [3.63, 3.8) is 0 Å². The van der Waals surface area contributed by atoms with Crippen molar-refractivity contribution in [1.29, 1.82) is 0 Å². The van der Waals surface area contributed by atoms with Crippen LogP contribution in [0.2, 0.25) is 5.02 Å². The molecule has 4 aromatic rings. The first kappa shape index (κ1) is 55.9. The maximum Gasteiger partial charge on any atom is 0.337 e. The lowest BCUT2D eigenvalue weighted by Gasteiger charge is -2.22. The highest BCUT2D eigenvalue weighted by Gasteiger charge is 2.38. The molecule has 15 nitrogen and oxygen atoms in total. The number of aromatic carboxylic acids is 3. The summed E-state index contributed by atoms with van der Waals surface area (Å²) in [5, 5.41) is 47.6. The summed E-state index contributed by atoms with van der Waals surface area (Å²) in [7, 11) is 0. The number of aliphatic carboxylic acids is 2. The van der Waals surface area contributed by atoms with Gasteiger partial charge in [-0.05, 0) is 122 Å². The molecule has 1 saturated heterocycles. The number of amides is 3. The fraction of sp³-hybridized carbons (Fsp3) is 0.320. The number of nitrogens with one attached hydrogen (secondary N) is 1. The zero-order valence-corrected chi connectivity index (χ0v) is 41.1. The van der Waals surface area contributed by atoms with Crippen LogP contribution in [0.3, 0.4) is 0 Å². The molecule has 68 heavy (non-hydrogen) atoms. The summed E-state index contributed by atoms with van der Waals surface area (Å²) >= 11 is 9.64. The Balaban J connectivity index is 0.000000246. The number of nitrogens with zero attached hydrogens (tertiary/aromatic N) is 1. The largest absolute Gasteiger partial charge is 0.481 e. The van der Waals surface area contributed by atoms with Crippen LogP contribution >= 0.6 is 35.1 Å². The van der Waals surface area contributed by atoms with Gasteiger partial charge in [0.2, 0.25) is 5.91 Å². The highest BCUT2D eigenvalue weighted by atomic mass is 35.5. The first-order valence-electron chi connectivity index (χ1n) is 21.2. The maximum absolute atomic E-state index is 12.4. The van der Waals surface area contributed by atoms with Crippen LogP contribution in [-0.2, 0) is 26.2 Å². The Bertz CT molecular complexity index is 2510. The van der Waals surface area contributed by atoms with Gasteiger partial charge in [-0.25, -0.2) is 24.1 Å². The van der Waals surface area contributed by atoms with Gasteiger partial charge in [0, 0.05) is 40.8 Å². The number of carbonyl (C=O) groups is 8. The van der Waals surface area contributed by atoms with Crippen molar-refractivity contribution in [2.45, 2.75) is 90.1 Å². The fourth-order valence-corrected chi connectivity index (χ4v) is 9.82. The zero-order valence-electron chi connectivity index (χ0n) is 38.7. The van der Waals surface area contributed by atoms with Gasteiger partial charge >= 0.3 is 29.8 Å². The molecule has 0 atom stereocenters. The number of halogens is 1. The van der Waals surface area contributed by atoms with Crippen molar-refractivity contribution < 1.29 is 63.9 Å². The molecule has 1 fully saturated rings. The number of aryl methyl sites for hydroxylation is 2. The van der Waals surface area contributed by atoms with Crippen LogP contribution in [0, 0.1) is 13.8 Å². The molecule has 3 amide bonds. The lowest BCUT2D eigenvalue weighted by Crippen LogP contribution is -2.31. The molecule has 0 radical (unpaired) electrons. The van der Waals surface area contributed by atoms with Crippen molar-refractivity contribution in [2.24, 2.45) is 0 Å². The average Bonchev–Trinajstić information content (AvgIpc) is 3.80. The molecular weight excluding hydrogens is 936 g/mol. The molecule has 362 valence electrons. The van der Waals surface area contributed by atoms with Crippen LogP contribution in [0.5, 0.6) is 0 Å². The van der Waals surface area contributed by atoms with E-state index in [0.717, 1.165) is 53.0 Å². The molecule has 0 aromatic heterocycles. The molecule has 0 spiro atoms. The number of anilines is 2. The van der Waals surface area contributed by atoms with Crippen LogP contribution in [0.1, 0.15) is 134 Å². The molecule has 2 aliphatic rings. The van der Waals surface area contributed by atoms with Gasteiger partial charge in [-0.15, -0.1) is 23.5 Å². The quantitative estimate of drug-likeness (QED) is 0.0538. The minimum atomic E-state index is -1.24. The summed E-state index contributed by atoms with van der Waals surface area (Å²) in [6.45, 7) is 13.8. The molecule has 0 unspecified atom stereocenters. The van der Waals surface area contributed by atoms with Crippen LogP contribution in [0.4, 0.5) is 11.4 Å². The second kappa shape index (κ2) is 25.1. The summed E-state index contributed by atoms with van der Waals surface area (Å²) < 4.78 is 0.179. The Hall–Kier alpha value is -6.43. The van der Waals surface area contributed by atoms with Crippen molar-refractivity contribution in [3.05, 3.63) is 140 Å². The van der Waals surface area contributed by atoms with E-state index in [1.807, 2.05) is 83.3 Å². The SMILES string of the molecule is CC1(CCC(=O)O)SCCS1.CCCCc1c(C(=O)O)cc(C(C)(C)C)cc1C(=O)O.Cc1cc(C)cc(NC(=O)/C=C\C(=O)O)c1.O=C(O)c1ccc(Cl)cc1N1C(=O)c2ccccc2C1=O. The Morgan fingerprint density at radius 1 is 0.750 bits per heavy atom. The summed E-state index contributed by atoms with van der Waals surface area (Å²) in [6.07, 6.45) is 5.02. The Kier molecular flexibility index (Phi) is 20.6. The number of hydrogen-bond acceptors (Lipinski definition) is 10. The Labute approximate surface area is 408 Å². The van der Waals surface area contributed by atoms with Gasteiger partial charge in [-0.3, -0.25) is 19.2 Å². The van der Waals surface area contributed by atoms with Gasteiger partial charge in [0.1, 0.15) is 0 Å². The molecule has 4 aromatic carbocycles. The number of carbonyl (C=O) groups excluding carboxylic acids is 3. The predicted octanol–water partition coefficient (Wildman–Crippen LogP) is 10.5. The molecule has 0 aliphatic carbocycles. The van der Waals surface area contributed by atoms with Gasteiger partial charge in [0.05, 0.1) is 37.6 Å². The van der Waals surface area contributed by atoms with Gasteiger partial charge in [0.15, 0.2) is 0 Å². The molecule has 2 aliphatic heterocycles. The van der Waals surface area contributed by atoms with Crippen molar-refractivity contribution in [3.8, 4) is 0 Å². The van der Waals surface area contributed by atoms with E-state index in [1.54, 1.807) is 24.3 Å². The highest BCUT2D eigenvalue weighted by Crippen LogP contribution is 2.46. The summed E-state index contributed by atoms with van der Waals surface area (Å²) in [6, 6.07) is 19.2. The molecular formula is C50H55ClN2O13S2. The smallest absolute Gasteiger partial charge is 0.337 e. The number of carboxylic acids is 5. The number of carboxylic acid groups (broad SMARTS) is 5. The number of benzene rings is 4. The van der Waals surface area contributed by atoms with E-state index in [2.05, 4.69) is 12.2 Å². The summed E-state index contributed by atoms with van der Waals surface area (Å²) in [5.74, 6) is -4.42. The fourth-order valence-electron chi connectivity index (χ4n) is 6.80. The van der Waals surface area contributed by atoms with Crippen molar-refractivity contribution in [2.75, 3.05) is 21.7 Å². The van der Waals surface area contributed by atoms with Crippen LogP contribution in [-0.4, -0.2) is 88.7 Å². The molecule has 0 bridgehead atoms. The molecule has 6 rings (SSSR count). The standard InChI is InChI=1S/C16H22O4.C15H8ClNO4.C12H13NO3.C7H12O2S2/c1-5-6-7-11-12(14(17)18)8-10(16(2,3)4)9-13(11)15(19)20;16-8-5-6-11(15(20)21)12(7-8)17-13(18)9-3-1-2-4-10(9)14(17)19;1-8-5-9(2)7-10(6-8)13-11(14)3-4-12(15)16;1-7(3-2-6(8)9)10-4-5-11-7/h8-9H,5-7H2,1-4H3,(H,17,18)(H,19,20);1-7H,(H,20,21);3-7H,1-2H3,(H,13,14)(H,15,16);2-5H2,1H3,(H,8,9)/b;;4-3-;. The minimum absolute atomic E-state index is 0.0267. The predicted molar refractivity (Wildman–Crippen MR) is 265 cm³/mol. The minimum Gasteiger partial charge on any atom is -0.481 e. The van der Waals surface area contributed by atoms with E-state index in [4.69, 9.17) is 21.8 Å². The van der Waals surface area contributed by atoms with Crippen LogP contribution in [0.15, 0.2) is 84.9 Å². The van der Waals surface area contributed by atoms with Gasteiger partial charge in [0.25, 0.3) is 11.8 Å². The van der Waals surface area contributed by atoms with Gasteiger partial charge in [-0.1, -0.05) is 63.9 Å². The second-order valence-electron chi connectivity index (χ2n) is 16.7. The van der Waals surface area contributed by atoms with E-state index < -0.39 is 47.6 Å². The van der Waals surface area contributed by atoms with E-state index in [-0.39, 0.29) is 48.0 Å². The van der Waals surface area contributed by atoms with Crippen molar-refractivity contribution >= 4 is 94.1 Å². The number of hydrogen-bond donors (Lipinski definition) is 6. The second-order valence-corrected chi connectivity index (χ2v) is 20.6. The Morgan fingerprint density at radius 2 is 1.26 bits per heavy atom. The number of unbranched alkanes of at least 4 members (excludes halogenated alkanes) is 1. The molecule has 0 saturated carbocycles. The van der Waals surface area contributed by atoms with Gasteiger partial charge < -0.3 is 30.8 Å².